The van der Waals surface area contributed by atoms with Gasteiger partial charge in [-0.3, -0.25) is 4.79 Å². The molecule has 0 aromatic heterocycles. The lowest BCUT2D eigenvalue weighted by molar-refractivity contribution is -0.139. The molecule has 0 heterocycles. The van der Waals surface area contributed by atoms with E-state index in [-0.39, 0.29) is 24.1 Å². The van der Waals surface area contributed by atoms with Crippen LogP contribution in [0.5, 0.6) is 0 Å². The van der Waals surface area contributed by atoms with E-state index in [1.807, 2.05) is 0 Å². The molecule has 1 rings (SSSR count). The van der Waals surface area contributed by atoms with E-state index < -0.39 is 0 Å². The predicted octanol–water partition coefficient (Wildman–Crippen LogP) is 2.15. The van der Waals surface area contributed by atoms with Crippen LogP contribution in [-0.2, 0) is 9.53 Å². The summed E-state index contributed by atoms with van der Waals surface area (Å²) < 4.78 is 4.69. The summed E-state index contributed by atoms with van der Waals surface area (Å²) in [5.41, 5.74) is 0.736. The van der Waals surface area contributed by atoms with Crippen molar-refractivity contribution in [3.05, 3.63) is 35.3 Å². The molecule has 2 N–H and O–H groups in total. The average molecular weight is 210 g/mol. The molecule has 1 aliphatic carbocycles. The summed E-state index contributed by atoms with van der Waals surface area (Å²) in [4.78, 5) is 10.4. The monoisotopic (exact) mass is 210 g/mol. The molecule has 0 atom stereocenters. The number of rotatable bonds is 3. The SMILES string of the molecule is CC(=O)OCC=CC1=C(O)C=C(O)CC1. The van der Waals surface area contributed by atoms with Gasteiger partial charge < -0.3 is 14.9 Å². The number of aliphatic hydroxyl groups is 2. The lowest BCUT2D eigenvalue weighted by atomic mass is 10.0. The van der Waals surface area contributed by atoms with Crippen molar-refractivity contribution < 1.29 is 19.7 Å². The van der Waals surface area contributed by atoms with Gasteiger partial charge in [0.2, 0.25) is 0 Å². The predicted molar refractivity (Wildman–Crippen MR) is 55.4 cm³/mol. The summed E-state index contributed by atoms with van der Waals surface area (Å²) in [6.07, 6.45) is 5.79. The second kappa shape index (κ2) is 5.24. The summed E-state index contributed by atoms with van der Waals surface area (Å²) >= 11 is 0. The molecule has 0 aromatic carbocycles. The third-order valence-electron chi connectivity index (χ3n) is 1.98. The summed E-state index contributed by atoms with van der Waals surface area (Å²) in [6, 6.07) is 0. The zero-order chi connectivity index (χ0) is 11.3. The fourth-order valence-corrected chi connectivity index (χ4v) is 1.24. The maximum absolute atomic E-state index is 10.4. The average Bonchev–Trinajstić information content (AvgIpc) is 2.14. The fourth-order valence-electron chi connectivity index (χ4n) is 1.24. The largest absolute Gasteiger partial charge is 0.512 e. The molecule has 0 aromatic rings. The molecule has 4 nitrogen and oxygen atoms in total. The first-order valence-electron chi connectivity index (χ1n) is 4.71. The maximum Gasteiger partial charge on any atom is 0.302 e. The minimum atomic E-state index is -0.334. The van der Waals surface area contributed by atoms with Crippen molar-refractivity contribution in [2.24, 2.45) is 0 Å². The Bertz CT molecular complexity index is 336. The van der Waals surface area contributed by atoms with Crippen LogP contribution in [-0.4, -0.2) is 22.8 Å². The molecule has 0 amide bonds. The summed E-state index contributed by atoms with van der Waals surface area (Å²) in [6.45, 7) is 1.54. The van der Waals surface area contributed by atoms with Gasteiger partial charge >= 0.3 is 5.97 Å². The third-order valence-corrected chi connectivity index (χ3v) is 1.98. The number of hydrogen-bond donors (Lipinski definition) is 2. The van der Waals surface area contributed by atoms with Gasteiger partial charge in [-0.05, 0) is 18.1 Å². The Morgan fingerprint density at radius 3 is 2.87 bits per heavy atom. The van der Waals surface area contributed by atoms with Crippen LogP contribution < -0.4 is 0 Å². The van der Waals surface area contributed by atoms with E-state index >= 15 is 0 Å². The van der Waals surface area contributed by atoms with Gasteiger partial charge in [-0.1, -0.05) is 6.08 Å². The van der Waals surface area contributed by atoms with Crippen molar-refractivity contribution in [3.8, 4) is 0 Å². The fraction of sp³-hybridized carbons (Fsp3) is 0.364. The molecule has 0 saturated heterocycles. The Balaban J connectivity index is 2.51. The zero-order valence-electron chi connectivity index (χ0n) is 8.56. The maximum atomic E-state index is 10.4. The molecule has 0 bridgehead atoms. The van der Waals surface area contributed by atoms with Crippen LogP contribution in [0.4, 0.5) is 0 Å². The second-order valence-corrected chi connectivity index (χ2v) is 3.25. The van der Waals surface area contributed by atoms with Crippen LogP contribution in [0.25, 0.3) is 0 Å². The molecular weight excluding hydrogens is 196 g/mol. The number of carbonyl (C=O) groups is 1. The number of carbonyl (C=O) groups excluding carboxylic acids is 1. The Morgan fingerprint density at radius 1 is 1.53 bits per heavy atom. The normalized spacial score (nSPS) is 16.7. The van der Waals surface area contributed by atoms with E-state index in [1.54, 1.807) is 12.2 Å². The summed E-state index contributed by atoms with van der Waals surface area (Å²) in [5.74, 6) is -0.0819. The molecular formula is C11H14O4. The van der Waals surface area contributed by atoms with Crippen LogP contribution in [0.15, 0.2) is 35.3 Å². The Labute approximate surface area is 88.2 Å². The van der Waals surface area contributed by atoms with Gasteiger partial charge in [-0.25, -0.2) is 0 Å². The smallest absolute Gasteiger partial charge is 0.302 e. The summed E-state index contributed by atoms with van der Waals surface area (Å²) in [7, 11) is 0. The third kappa shape index (κ3) is 3.89. The van der Waals surface area contributed by atoms with Gasteiger partial charge in [0.25, 0.3) is 0 Å². The Morgan fingerprint density at radius 2 is 2.27 bits per heavy atom. The molecule has 0 fully saturated rings. The highest BCUT2D eigenvalue weighted by Gasteiger charge is 2.09. The van der Waals surface area contributed by atoms with E-state index in [2.05, 4.69) is 0 Å². The first-order valence-corrected chi connectivity index (χ1v) is 4.71. The molecule has 82 valence electrons. The van der Waals surface area contributed by atoms with Gasteiger partial charge in [0.15, 0.2) is 0 Å². The lowest BCUT2D eigenvalue weighted by Gasteiger charge is -2.10. The molecule has 0 aliphatic heterocycles. The first-order chi connectivity index (χ1) is 7.09. The minimum absolute atomic E-state index is 0.0674. The van der Waals surface area contributed by atoms with Crippen LogP contribution >= 0.6 is 0 Å². The number of esters is 1. The van der Waals surface area contributed by atoms with Crippen LogP contribution in [0.3, 0.4) is 0 Å². The molecule has 1 aliphatic rings. The second-order valence-electron chi connectivity index (χ2n) is 3.25. The standard InChI is InChI=1S/C11H14O4/c1-8(12)15-6-2-3-9-4-5-10(13)7-11(9)14/h2-3,7,13-14H,4-6H2,1H3. The highest BCUT2D eigenvalue weighted by atomic mass is 16.5. The van der Waals surface area contributed by atoms with Crippen molar-refractivity contribution in [2.45, 2.75) is 19.8 Å². The topological polar surface area (TPSA) is 66.8 Å². The molecule has 4 heteroatoms. The lowest BCUT2D eigenvalue weighted by Crippen LogP contribution is -1.99. The quantitative estimate of drug-likeness (QED) is 0.700. The van der Waals surface area contributed by atoms with Crippen molar-refractivity contribution in [3.63, 3.8) is 0 Å². The number of ether oxygens (including phenoxy) is 1. The van der Waals surface area contributed by atoms with Gasteiger partial charge in [-0.2, -0.15) is 0 Å². The highest BCUT2D eigenvalue weighted by Crippen LogP contribution is 2.21. The summed E-state index contributed by atoms with van der Waals surface area (Å²) in [5, 5.41) is 18.5. The van der Waals surface area contributed by atoms with E-state index in [1.165, 1.54) is 13.0 Å². The van der Waals surface area contributed by atoms with E-state index in [4.69, 9.17) is 9.84 Å². The van der Waals surface area contributed by atoms with Crippen molar-refractivity contribution in [2.75, 3.05) is 6.61 Å². The molecule has 0 spiro atoms. The minimum Gasteiger partial charge on any atom is -0.512 e. The molecule has 15 heavy (non-hydrogen) atoms. The van der Waals surface area contributed by atoms with Gasteiger partial charge in [-0.15, -0.1) is 0 Å². The number of aliphatic hydroxyl groups excluding tert-OH is 2. The highest BCUT2D eigenvalue weighted by molar-refractivity contribution is 5.66. The first kappa shape index (κ1) is 11.4. The van der Waals surface area contributed by atoms with Crippen LogP contribution in [0.1, 0.15) is 19.8 Å². The van der Waals surface area contributed by atoms with Crippen molar-refractivity contribution in [1.29, 1.82) is 0 Å². The zero-order valence-corrected chi connectivity index (χ0v) is 8.56. The molecule has 0 radical (unpaired) electrons. The van der Waals surface area contributed by atoms with Gasteiger partial charge in [0, 0.05) is 19.4 Å². The Hall–Kier alpha value is -1.71. The van der Waals surface area contributed by atoms with E-state index in [0.29, 0.717) is 12.8 Å². The van der Waals surface area contributed by atoms with Crippen LogP contribution in [0, 0.1) is 0 Å². The van der Waals surface area contributed by atoms with Crippen molar-refractivity contribution >= 4 is 5.97 Å². The number of hydrogen-bond acceptors (Lipinski definition) is 4. The van der Waals surface area contributed by atoms with Crippen molar-refractivity contribution in [1.82, 2.24) is 0 Å². The van der Waals surface area contributed by atoms with E-state index in [0.717, 1.165) is 5.57 Å². The van der Waals surface area contributed by atoms with Gasteiger partial charge in [0.05, 0.1) is 5.76 Å². The van der Waals surface area contributed by atoms with Gasteiger partial charge in [0.1, 0.15) is 12.4 Å². The van der Waals surface area contributed by atoms with E-state index in [9.17, 15) is 9.90 Å². The Kier molecular flexibility index (Phi) is 3.97. The molecule has 0 saturated carbocycles. The van der Waals surface area contributed by atoms with Crippen LogP contribution in [0.2, 0.25) is 0 Å². The number of allylic oxidation sites excluding steroid dienone is 4. The molecule has 0 unspecified atom stereocenters.